The van der Waals surface area contributed by atoms with Crippen LogP contribution in [0.2, 0.25) is 0 Å². The second kappa shape index (κ2) is 4.87. The molecule has 0 atom stereocenters. The summed E-state index contributed by atoms with van der Waals surface area (Å²) in [6.45, 7) is -0.154. The molecule has 0 aliphatic heterocycles. The van der Waals surface area contributed by atoms with Crippen LogP contribution in [0.15, 0.2) is 0 Å². The van der Waals surface area contributed by atoms with E-state index in [9.17, 15) is 9.59 Å². The van der Waals surface area contributed by atoms with Crippen LogP contribution < -0.4 is 5.73 Å². The molecule has 0 aliphatic rings. The normalized spacial score (nSPS) is 8.50. The summed E-state index contributed by atoms with van der Waals surface area (Å²) < 4.78 is 8.38. The first kappa shape index (κ1) is 9.03. The third-order valence-corrected chi connectivity index (χ3v) is 0.652. The Bertz CT molecular complexity index is 121. The quantitative estimate of drug-likeness (QED) is 0.489. The van der Waals surface area contributed by atoms with Crippen LogP contribution in [0.1, 0.15) is 0 Å². The molecule has 0 aromatic carbocycles. The number of rotatable bonds is 3. The maximum Gasteiger partial charge on any atom is 0.404 e. The molecular weight excluding hydrogens is 162 g/mol. The fraction of sp³-hybridized carbons (Fsp3) is 0.500. The second-order valence-electron chi connectivity index (χ2n) is 1.25. The topological polar surface area (TPSA) is 78.6 Å². The highest BCUT2D eigenvalue weighted by atomic mass is 35.5. The van der Waals surface area contributed by atoms with E-state index in [4.69, 9.17) is 11.6 Å². The standard InChI is InChI=1S/C4H6ClNO4/c5-3(7)9-1-2-10-4(6)8/h1-2H2,(H2,6,8). The van der Waals surface area contributed by atoms with Crippen molar-refractivity contribution in [2.24, 2.45) is 5.73 Å². The Kier molecular flexibility index (Phi) is 4.39. The van der Waals surface area contributed by atoms with E-state index in [0.29, 0.717) is 0 Å². The van der Waals surface area contributed by atoms with E-state index >= 15 is 0 Å². The van der Waals surface area contributed by atoms with Crippen LogP contribution in [0.4, 0.5) is 9.59 Å². The van der Waals surface area contributed by atoms with Gasteiger partial charge in [-0.05, 0) is 0 Å². The summed E-state index contributed by atoms with van der Waals surface area (Å²) in [4.78, 5) is 19.7. The summed E-state index contributed by atoms with van der Waals surface area (Å²) >= 11 is 4.76. The Morgan fingerprint density at radius 1 is 1.30 bits per heavy atom. The number of carbonyl (C=O) groups excluding carboxylic acids is 2. The Labute approximate surface area is 62.0 Å². The Morgan fingerprint density at radius 2 is 1.80 bits per heavy atom. The third-order valence-electron chi connectivity index (χ3n) is 0.543. The van der Waals surface area contributed by atoms with Gasteiger partial charge in [0.2, 0.25) is 0 Å². The molecule has 0 rings (SSSR count). The first-order chi connectivity index (χ1) is 4.63. The zero-order valence-electron chi connectivity index (χ0n) is 5.00. The van der Waals surface area contributed by atoms with Crippen LogP contribution in [0.5, 0.6) is 0 Å². The monoisotopic (exact) mass is 167 g/mol. The van der Waals surface area contributed by atoms with Crippen molar-refractivity contribution in [3.8, 4) is 0 Å². The lowest BCUT2D eigenvalue weighted by Crippen LogP contribution is -2.16. The van der Waals surface area contributed by atoms with Crippen molar-refractivity contribution in [1.82, 2.24) is 0 Å². The van der Waals surface area contributed by atoms with Gasteiger partial charge in [0.05, 0.1) is 0 Å². The summed E-state index contributed by atoms with van der Waals surface area (Å²) in [5, 5.41) is 0. The number of nitrogens with two attached hydrogens (primary N) is 1. The van der Waals surface area contributed by atoms with Crippen molar-refractivity contribution in [3.05, 3.63) is 0 Å². The minimum atomic E-state index is -0.937. The van der Waals surface area contributed by atoms with E-state index in [1.807, 2.05) is 0 Å². The molecule has 0 unspecified atom stereocenters. The van der Waals surface area contributed by atoms with Crippen LogP contribution in [-0.2, 0) is 9.47 Å². The van der Waals surface area contributed by atoms with Gasteiger partial charge in [0.1, 0.15) is 13.2 Å². The first-order valence-corrected chi connectivity index (χ1v) is 2.75. The van der Waals surface area contributed by atoms with E-state index in [0.717, 1.165) is 0 Å². The fourth-order valence-corrected chi connectivity index (χ4v) is 0.341. The van der Waals surface area contributed by atoms with Gasteiger partial charge in [-0.3, -0.25) is 0 Å². The summed E-state index contributed by atoms with van der Waals surface area (Å²) in [6.07, 6.45) is -0.911. The van der Waals surface area contributed by atoms with E-state index in [1.54, 1.807) is 0 Å². The number of primary amides is 1. The van der Waals surface area contributed by atoms with Crippen molar-refractivity contribution in [1.29, 1.82) is 0 Å². The van der Waals surface area contributed by atoms with Crippen LogP contribution >= 0.6 is 11.6 Å². The van der Waals surface area contributed by atoms with E-state index in [1.165, 1.54) is 0 Å². The van der Waals surface area contributed by atoms with Crippen molar-refractivity contribution in [2.45, 2.75) is 0 Å². The highest BCUT2D eigenvalue weighted by molar-refractivity contribution is 6.61. The van der Waals surface area contributed by atoms with Gasteiger partial charge in [0.15, 0.2) is 0 Å². The maximum absolute atomic E-state index is 9.87. The van der Waals surface area contributed by atoms with Crippen molar-refractivity contribution < 1.29 is 19.1 Å². The molecule has 0 radical (unpaired) electrons. The number of hydrogen-bond acceptors (Lipinski definition) is 4. The van der Waals surface area contributed by atoms with Gasteiger partial charge in [-0.1, -0.05) is 0 Å². The van der Waals surface area contributed by atoms with Crippen LogP contribution in [0.3, 0.4) is 0 Å². The Hall–Kier alpha value is -0.970. The van der Waals surface area contributed by atoms with Gasteiger partial charge < -0.3 is 15.2 Å². The van der Waals surface area contributed by atoms with E-state index < -0.39 is 11.5 Å². The molecule has 0 aliphatic carbocycles. The molecular formula is C4H6ClNO4. The number of amides is 1. The molecule has 0 aromatic heterocycles. The summed E-state index contributed by atoms with van der Waals surface area (Å²) in [7, 11) is 0. The van der Waals surface area contributed by atoms with Gasteiger partial charge >= 0.3 is 11.5 Å². The second-order valence-corrected chi connectivity index (χ2v) is 1.56. The smallest absolute Gasteiger partial charge is 0.404 e. The fourth-order valence-electron chi connectivity index (χ4n) is 0.264. The molecule has 6 heteroatoms. The Morgan fingerprint density at radius 3 is 2.20 bits per heavy atom. The van der Waals surface area contributed by atoms with E-state index in [2.05, 4.69) is 15.2 Å². The molecule has 0 saturated carbocycles. The van der Waals surface area contributed by atoms with Gasteiger partial charge in [0, 0.05) is 11.6 Å². The number of carbonyl (C=O) groups is 2. The summed E-state index contributed by atoms with van der Waals surface area (Å²) in [5.41, 5.74) is 3.64. The Balaban J connectivity index is 3.06. The zero-order valence-corrected chi connectivity index (χ0v) is 5.76. The van der Waals surface area contributed by atoms with Crippen LogP contribution in [0.25, 0.3) is 0 Å². The molecule has 0 aromatic rings. The lowest BCUT2D eigenvalue weighted by atomic mass is 10.8. The molecule has 10 heavy (non-hydrogen) atoms. The molecule has 0 heterocycles. The van der Waals surface area contributed by atoms with Crippen molar-refractivity contribution >= 4 is 23.1 Å². The lowest BCUT2D eigenvalue weighted by molar-refractivity contribution is 0.113. The van der Waals surface area contributed by atoms with Gasteiger partial charge in [-0.2, -0.15) is 0 Å². The first-order valence-electron chi connectivity index (χ1n) is 2.37. The average Bonchev–Trinajstić information content (AvgIpc) is 1.79. The molecule has 5 nitrogen and oxygen atoms in total. The number of ether oxygens (including phenoxy) is 2. The van der Waals surface area contributed by atoms with Gasteiger partial charge in [-0.25, -0.2) is 9.59 Å². The molecule has 58 valence electrons. The zero-order chi connectivity index (χ0) is 7.98. The predicted molar refractivity (Wildman–Crippen MR) is 32.7 cm³/mol. The largest absolute Gasteiger partial charge is 0.450 e. The van der Waals surface area contributed by atoms with E-state index in [-0.39, 0.29) is 13.2 Å². The van der Waals surface area contributed by atoms with Crippen LogP contribution in [0, 0.1) is 0 Å². The third kappa shape index (κ3) is 7.03. The average molecular weight is 168 g/mol. The molecule has 1 amide bonds. The summed E-state index contributed by atoms with van der Waals surface area (Å²) in [5.74, 6) is 0. The molecule has 0 bridgehead atoms. The van der Waals surface area contributed by atoms with Gasteiger partial charge in [-0.15, -0.1) is 0 Å². The lowest BCUT2D eigenvalue weighted by Gasteiger charge is -1.99. The molecule has 0 fully saturated rings. The van der Waals surface area contributed by atoms with Crippen molar-refractivity contribution in [3.63, 3.8) is 0 Å². The van der Waals surface area contributed by atoms with Gasteiger partial charge in [0.25, 0.3) is 0 Å². The molecule has 0 spiro atoms. The minimum Gasteiger partial charge on any atom is -0.450 e. The summed E-state index contributed by atoms with van der Waals surface area (Å²) in [6, 6.07) is 0. The number of halogens is 1. The number of hydrogen-bond donors (Lipinski definition) is 1. The highest BCUT2D eigenvalue weighted by Crippen LogP contribution is 1.85. The van der Waals surface area contributed by atoms with Crippen LogP contribution in [-0.4, -0.2) is 24.7 Å². The maximum atomic E-state index is 9.87. The SMILES string of the molecule is NC(=O)OCCOC(=O)Cl. The van der Waals surface area contributed by atoms with Crippen molar-refractivity contribution in [2.75, 3.05) is 13.2 Å². The highest BCUT2D eigenvalue weighted by Gasteiger charge is 1.96. The molecule has 2 N–H and O–H groups in total. The molecule has 0 saturated heterocycles. The predicted octanol–water partition coefficient (Wildman–Crippen LogP) is 0.457. The minimum absolute atomic E-state index is 0.0756.